The van der Waals surface area contributed by atoms with Crippen LogP contribution in [0.4, 0.5) is 0 Å². The molecular weight excluding hydrogens is 204 g/mol. The molecule has 2 aromatic rings. The van der Waals surface area contributed by atoms with E-state index in [4.69, 9.17) is 0 Å². The first-order valence-electron chi connectivity index (χ1n) is 5.37. The fourth-order valence-electron chi connectivity index (χ4n) is 2.23. The van der Waals surface area contributed by atoms with Gasteiger partial charge in [-0.05, 0) is 30.0 Å². The van der Waals surface area contributed by atoms with Crippen molar-refractivity contribution in [2.45, 2.75) is 25.9 Å². The summed E-state index contributed by atoms with van der Waals surface area (Å²) < 4.78 is 2.33. The summed E-state index contributed by atoms with van der Waals surface area (Å²) in [6.45, 7) is 3.22. The Kier molecular flexibility index (Phi) is 2.15. The average molecular weight is 218 g/mol. The fourth-order valence-corrected chi connectivity index (χ4v) is 3.16. The van der Waals surface area contributed by atoms with Crippen LogP contribution in [0, 0.1) is 0 Å². The molecule has 1 aliphatic heterocycles. The van der Waals surface area contributed by atoms with Gasteiger partial charge in [0.1, 0.15) is 5.00 Å². The van der Waals surface area contributed by atoms with E-state index >= 15 is 0 Å². The molecule has 0 saturated carbocycles. The van der Waals surface area contributed by atoms with Gasteiger partial charge in [0.05, 0.1) is 0 Å². The minimum Gasteiger partial charge on any atom is -0.311 e. The molecule has 2 nitrogen and oxygen atoms in total. The predicted octanol–water partition coefficient (Wildman–Crippen LogP) is 3.09. The van der Waals surface area contributed by atoms with Gasteiger partial charge in [0.15, 0.2) is 0 Å². The van der Waals surface area contributed by atoms with Gasteiger partial charge < -0.3 is 9.88 Å². The molecule has 0 fully saturated rings. The third-order valence-electron chi connectivity index (χ3n) is 3.03. The monoisotopic (exact) mass is 218 g/mol. The lowest BCUT2D eigenvalue weighted by molar-refractivity contribution is 0.513. The molecule has 0 spiro atoms. The van der Waals surface area contributed by atoms with Gasteiger partial charge in [0, 0.05) is 30.0 Å². The summed E-state index contributed by atoms with van der Waals surface area (Å²) >= 11 is 1.82. The molecule has 15 heavy (non-hydrogen) atoms. The van der Waals surface area contributed by atoms with Crippen LogP contribution in [0.15, 0.2) is 29.8 Å². The van der Waals surface area contributed by atoms with Gasteiger partial charge in [-0.25, -0.2) is 0 Å². The normalized spacial score (nSPS) is 19.4. The molecule has 3 heteroatoms. The lowest BCUT2D eigenvalue weighted by Crippen LogP contribution is -2.19. The summed E-state index contributed by atoms with van der Waals surface area (Å²) in [5.41, 5.74) is 2.80. The van der Waals surface area contributed by atoms with Gasteiger partial charge in [0.25, 0.3) is 0 Å². The second-order valence-corrected chi connectivity index (χ2v) is 4.79. The predicted molar refractivity (Wildman–Crippen MR) is 63.5 cm³/mol. The highest BCUT2D eigenvalue weighted by Gasteiger charge is 2.20. The number of aromatic nitrogens is 1. The van der Waals surface area contributed by atoms with E-state index < -0.39 is 0 Å². The first-order chi connectivity index (χ1) is 7.40. The van der Waals surface area contributed by atoms with Crippen LogP contribution < -0.4 is 5.32 Å². The van der Waals surface area contributed by atoms with Crippen LogP contribution in [0.25, 0.3) is 5.00 Å². The Morgan fingerprint density at radius 3 is 3.33 bits per heavy atom. The lowest BCUT2D eigenvalue weighted by atomic mass is 10.1. The largest absolute Gasteiger partial charge is 0.311 e. The highest BCUT2D eigenvalue weighted by Crippen LogP contribution is 2.30. The third-order valence-corrected chi connectivity index (χ3v) is 3.98. The van der Waals surface area contributed by atoms with Crippen molar-refractivity contribution < 1.29 is 0 Å². The molecule has 1 aliphatic rings. The first kappa shape index (κ1) is 9.19. The molecule has 3 rings (SSSR count). The van der Waals surface area contributed by atoms with Crippen molar-refractivity contribution in [2.75, 3.05) is 0 Å². The Labute approximate surface area is 93.6 Å². The Bertz CT molecular complexity index is 469. The van der Waals surface area contributed by atoms with E-state index in [1.165, 1.54) is 16.3 Å². The van der Waals surface area contributed by atoms with Crippen LogP contribution in [-0.2, 0) is 6.54 Å². The van der Waals surface area contributed by atoms with Crippen molar-refractivity contribution in [2.24, 2.45) is 0 Å². The molecule has 0 amide bonds. The van der Waals surface area contributed by atoms with Crippen LogP contribution in [0.5, 0.6) is 0 Å². The molecule has 1 atom stereocenters. The number of thiophene rings is 1. The van der Waals surface area contributed by atoms with Crippen LogP contribution in [-0.4, -0.2) is 4.57 Å². The molecule has 0 aromatic carbocycles. The second kappa shape index (κ2) is 3.51. The Balaban J connectivity index is 2.18. The van der Waals surface area contributed by atoms with E-state index in [0.717, 1.165) is 13.0 Å². The van der Waals surface area contributed by atoms with Crippen LogP contribution in [0.3, 0.4) is 0 Å². The topological polar surface area (TPSA) is 17.0 Å². The maximum absolute atomic E-state index is 3.60. The maximum Gasteiger partial charge on any atom is 0.104 e. The van der Waals surface area contributed by atoms with E-state index in [-0.39, 0.29) is 0 Å². The van der Waals surface area contributed by atoms with Crippen LogP contribution >= 0.6 is 11.3 Å². The van der Waals surface area contributed by atoms with Crippen molar-refractivity contribution in [3.05, 3.63) is 41.0 Å². The fraction of sp³-hybridized carbons (Fsp3) is 0.333. The maximum atomic E-state index is 3.60. The molecule has 0 aliphatic carbocycles. The molecule has 3 heterocycles. The Hall–Kier alpha value is -1.06. The van der Waals surface area contributed by atoms with E-state index in [1.54, 1.807) is 0 Å². The Morgan fingerprint density at radius 1 is 1.53 bits per heavy atom. The van der Waals surface area contributed by atoms with Crippen molar-refractivity contribution >= 4 is 11.3 Å². The Morgan fingerprint density at radius 2 is 2.47 bits per heavy atom. The van der Waals surface area contributed by atoms with Crippen molar-refractivity contribution in [3.8, 4) is 5.00 Å². The van der Waals surface area contributed by atoms with Gasteiger partial charge in [-0.1, -0.05) is 6.92 Å². The molecule has 0 saturated heterocycles. The van der Waals surface area contributed by atoms with Crippen LogP contribution in [0.2, 0.25) is 0 Å². The number of nitrogens with one attached hydrogen (secondary N) is 1. The number of hydrogen-bond donors (Lipinski definition) is 1. The quantitative estimate of drug-likeness (QED) is 0.778. The minimum absolute atomic E-state index is 0.486. The SMILES string of the molecule is CCC1NCc2ccsc2-n2cccc21. The highest BCUT2D eigenvalue weighted by atomic mass is 32.1. The number of fused-ring (bicyclic) bond motifs is 3. The zero-order valence-corrected chi connectivity index (χ0v) is 9.55. The molecule has 78 valence electrons. The van der Waals surface area contributed by atoms with Gasteiger partial charge in [-0.3, -0.25) is 0 Å². The minimum atomic E-state index is 0.486. The van der Waals surface area contributed by atoms with Gasteiger partial charge in [-0.2, -0.15) is 0 Å². The third kappa shape index (κ3) is 1.34. The zero-order chi connectivity index (χ0) is 10.3. The van der Waals surface area contributed by atoms with E-state index in [9.17, 15) is 0 Å². The summed E-state index contributed by atoms with van der Waals surface area (Å²) in [6.07, 6.45) is 3.30. The van der Waals surface area contributed by atoms with Crippen LogP contribution in [0.1, 0.15) is 30.6 Å². The first-order valence-corrected chi connectivity index (χ1v) is 6.25. The molecule has 2 aromatic heterocycles. The van der Waals surface area contributed by atoms with Gasteiger partial charge in [0.2, 0.25) is 0 Å². The summed E-state index contributed by atoms with van der Waals surface area (Å²) in [4.78, 5) is 0. The molecule has 1 N–H and O–H groups in total. The summed E-state index contributed by atoms with van der Waals surface area (Å²) in [5.74, 6) is 0. The zero-order valence-electron chi connectivity index (χ0n) is 8.73. The molecule has 0 radical (unpaired) electrons. The highest BCUT2D eigenvalue weighted by molar-refractivity contribution is 7.12. The number of rotatable bonds is 1. The van der Waals surface area contributed by atoms with Gasteiger partial charge in [-0.15, -0.1) is 11.3 Å². The molecule has 1 unspecified atom stereocenters. The average Bonchev–Trinajstić information content (AvgIpc) is 2.85. The van der Waals surface area contributed by atoms with E-state index in [1.807, 2.05) is 11.3 Å². The number of hydrogen-bond acceptors (Lipinski definition) is 2. The lowest BCUT2D eigenvalue weighted by Gasteiger charge is -2.14. The van der Waals surface area contributed by atoms with Crippen molar-refractivity contribution in [3.63, 3.8) is 0 Å². The molecule has 0 bridgehead atoms. The van der Waals surface area contributed by atoms with Crippen molar-refractivity contribution in [1.29, 1.82) is 0 Å². The van der Waals surface area contributed by atoms with E-state index in [2.05, 4.69) is 46.6 Å². The van der Waals surface area contributed by atoms with E-state index in [0.29, 0.717) is 6.04 Å². The smallest absolute Gasteiger partial charge is 0.104 e. The summed E-state index contributed by atoms with van der Waals surface area (Å²) in [5, 5.41) is 7.14. The molecular formula is C12H14N2S. The van der Waals surface area contributed by atoms with Gasteiger partial charge >= 0.3 is 0 Å². The summed E-state index contributed by atoms with van der Waals surface area (Å²) in [7, 11) is 0. The van der Waals surface area contributed by atoms with Crippen molar-refractivity contribution in [1.82, 2.24) is 9.88 Å². The standard InChI is InChI=1S/C12H14N2S/c1-2-10-11-4-3-6-14(11)12-9(8-13-10)5-7-15-12/h3-7,10,13H,2,8H2,1H3. The number of nitrogens with zero attached hydrogens (tertiary/aromatic N) is 1. The summed E-state index contributed by atoms with van der Waals surface area (Å²) in [6, 6.07) is 7.05. The second-order valence-electron chi connectivity index (χ2n) is 3.90.